The van der Waals surface area contributed by atoms with E-state index in [4.69, 9.17) is 30.6 Å². The van der Waals surface area contributed by atoms with Crippen molar-refractivity contribution in [2.45, 2.75) is 56.3 Å². The molecule has 2 aromatic rings. The van der Waals surface area contributed by atoms with Gasteiger partial charge in [-0.15, -0.1) is 0 Å². The summed E-state index contributed by atoms with van der Waals surface area (Å²) in [4.78, 5) is 31.8. The quantitative estimate of drug-likeness (QED) is 0.206. The van der Waals surface area contributed by atoms with Gasteiger partial charge in [0.25, 0.3) is 0 Å². The van der Waals surface area contributed by atoms with Crippen molar-refractivity contribution in [3.63, 3.8) is 0 Å². The highest BCUT2D eigenvalue weighted by atomic mass is 35.5. The van der Waals surface area contributed by atoms with E-state index >= 15 is 0 Å². The molecule has 1 aliphatic carbocycles. The van der Waals surface area contributed by atoms with Crippen LogP contribution in [0.25, 0.3) is 11.0 Å². The zero-order valence-electron chi connectivity index (χ0n) is 18.3. The second kappa shape index (κ2) is 10.1. The van der Waals surface area contributed by atoms with Crippen LogP contribution in [-0.4, -0.2) is 71.3 Å². The van der Waals surface area contributed by atoms with Gasteiger partial charge in [-0.1, -0.05) is 24.4 Å². The largest absolute Gasteiger partial charge is 0.387 e. The maximum absolute atomic E-state index is 11.9. The summed E-state index contributed by atoms with van der Waals surface area (Å²) in [6.45, 7) is -0.705. The smallest absolute Gasteiger partial charge is 0.340 e. The molecule has 5 atom stereocenters. The van der Waals surface area contributed by atoms with Crippen LogP contribution in [0.1, 0.15) is 37.5 Å². The number of aliphatic hydroxyl groups excluding tert-OH is 2. The number of rotatable bonds is 8. The van der Waals surface area contributed by atoms with Gasteiger partial charge in [-0.25, -0.2) is 4.98 Å². The number of nitrogens with one attached hydrogen (secondary N) is 1. The summed E-state index contributed by atoms with van der Waals surface area (Å²) in [5, 5.41) is 34.5. The van der Waals surface area contributed by atoms with Crippen LogP contribution in [0.4, 0.5) is 5.69 Å². The zero-order valence-corrected chi connectivity index (χ0v) is 20.8. The number of hydrogen-bond donors (Lipinski definition) is 6. The van der Waals surface area contributed by atoms with Crippen molar-refractivity contribution >= 4 is 43.5 Å². The second-order valence-electron chi connectivity index (χ2n) is 8.64. The molecule has 0 amide bonds. The first-order valence-electron chi connectivity index (χ1n) is 10.8. The number of pyridine rings is 1. The van der Waals surface area contributed by atoms with Crippen LogP contribution < -0.4 is 5.32 Å². The number of aliphatic hydroxyl groups is 2. The molecule has 4 rings (SSSR count). The van der Waals surface area contributed by atoms with E-state index in [-0.39, 0.29) is 22.4 Å². The number of nitrogens with zero attached hydrogens (tertiary/aromatic N) is 3. The van der Waals surface area contributed by atoms with Crippen molar-refractivity contribution in [3.05, 3.63) is 23.0 Å². The molecule has 0 radical (unpaired) electrons. The number of ether oxygens (including phenoxy) is 1. The Hall–Kier alpha value is -1.55. The molecule has 3 heterocycles. The minimum absolute atomic E-state index is 0.0491. The van der Waals surface area contributed by atoms with Gasteiger partial charge in [-0.3, -0.25) is 9.13 Å². The van der Waals surface area contributed by atoms with Crippen LogP contribution in [0.2, 0.25) is 5.15 Å². The summed E-state index contributed by atoms with van der Waals surface area (Å²) >= 11 is 6.29. The van der Waals surface area contributed by atoms with Crippen molar-refractivity contribution in [2.75, 3.05) is 17.8 Å². The third-order valence-electron chi connectivity index (χ3n) is 6.05. The van der Waals surface area contributed by atoms with Crippen molar-refractivity contribution in [3.8, 4) is 6.07 Å². The molecule has 2 aromatic heterocycles. The fraction of sp³-hybridized carbons (Fsp3) is 0.579. The highest BCUT2D eigenvalue weighted by Crippen LogP contribution is 2.55. The summed E-state index contributed by atoms with van der Waals surface area (Å²) in [5.41, 5.74) is 0.980. The molecule has 1 saturated carbocycles. The number of fused-ring (bicyclic) bond motifs is 1. The molecular weight excluding hydrogens is 526 g/mol. The number of nitriles is 1. The minimum atomic E-state index is -4.83. The molecule has 35 heavy (non-hydrogen) atoms. The number of halogens is 1. The molecule has 1 saturated heterocycles. The van der Waals surface area contributed by atoms with Crippen LogP contribution in [0, 0.1) is 11.3 Å². The van der Waals surface area contributed by atoms with Crippen molar-refractivity contribution in [1.29, 1.82) is 5.26 Å². The van der Waals surface area contributed by atoms with Gasteiger partial charge in [0.2, 0.25) is 0 Å². The molecule has 2 aliphatic rings. The summed E-state index contributed by atoms with van der Waals surface area (Å²) in [5.74, 6) is -1.39. The van der Waals surface area contributed by atoms with E-state index in [1.54, 1.807) is 12.3 Å². The first-order chi connectivity index (χ1) is 16.4. The van der Waals surface area contributed by atoms with Crippen LogP contribution in [-0.2, 0) is 18.4 Å². The lowest BCUT2D eigenvalue weighted by Gasteiger charge is -2.20. The lowest BCUT2D eigenvalue weighted by molar-refractivity contribution is -0.0481. The van der Waals surface area contributed by atoms with Crippen LogP contribution in [0.5, 0.6) is 0 Å². The van der Waals surface area contributed by atoms with Gasteiger partial charge in [0.05, 0.1) is 12.3 Å². The Bertz CT molecular complexity index is 1240. The highest BCUT2D eigenvalue weighted by Gasteiger charge is 2.45. The van der Waals surface area contributed by atoms with Gasteiger partial charge in [0.15, 0.2) is 17.3 Å². The van der Waals surface area contributed by atoms with Crippen LogP contribution in [0.3, 0.4) is 0 Å². The fourth-order valence-corrected chi connectivity index (χ4v) is 7.22. The third-order valence-corrected chi connectivity index (χ3v) is 9.78. The molecule has 0 spiro atoms. The molecular formula is C19H25ClN4O9P2. The first-order valence-corrected chi connectivity index (χ1v) is 14.7. The lowest BCUT2D eigenvalue weighted by Crippen LogP contribution is -2.33. The van der Waals surface area contributed by atoms with Crippen molar-refractivity contribution in [1.82, 2.24) is 9.55 Å². The van der Waals surface area contributed by atoms with E-state index < -0.39 is 52.2 Å². The van der Waals surface area contributed by atoms with E-state index in [0.717, 1.165) is 25.7 Å². The maximum atomic E-state index is 11.9. The predicted octanol–water partition coefficient (Wildman–Crippen LogP) is 1.87. The molecule has 16 heteroatoms. The average molecular weight is 551 g/mol. The van der Waals surface area contributed by atoms with E-state index in [0.29, 0.717) is 11.1 Å². The number of hydrogen-bond acceptors (Lipinski definition) is 9. The Morgan fingerprint density at radius 3 is 2.57 bits per heavy atom. The molecule has 1 unspecified atom stereocenters. The number of anilines is 1. The topological polar surface area (TPSA) is 207 Å². The Morgan fingerprint density at radius 1 is 1.26 bits per heavy atom. The molecule has 2 fully saturated rings. The maximum Gasteiger partial charge on any atom is 0.340 e. The van der Waals surface area contributed by atoms with E-state index in [9.17, 15) is 29.5 Å². The second-order valence-corrected chi connectivity index (χ2v) is 13.0. The predicted molar refractivity (Wildman–Crippen MR) is 124 cm³/mol. The third kappa shape index (κ3) is 5.73. The standard InChI is InChI=1S/C19H25ClN4O9P2/c20-17-12(7-21)14(22-10-3-1-2-4-10)11-5-6-24(18(11)23-17)19-16(26)15(25)13(33-19)8-32-35(30,31)9-34(27,28)29/h5-6,10,13,15-16,19,25-26H,1-4,8-9H2,(H,22,23)(H,30,31)(H2,27,28,29)/t13-,15-,16-,19-/m1/s1. The fourth-order valence-electron chi connectivity index (χ4n) is 4.43. The molecule has 192 valence electrons. The van der Waals surface area contributed by atoms with Gasteiger partial charge in [-0.05, 0) is 18.9 Å². The Kier molecular flexibility index (Phi) is 7.63. The van der Waals surface area contributed by atoms with Gasteiger partial charge in [0.1, 0.15) is 35.6 Å². The van der Waals surface area contributed by atoms with Gasteiger partial charge >= 0.3 is 15.2 Å². The summed E-state index contributed by atoms with van der Waals surface area (Å²) in [7, 11) is -9.51. The summed E-state index contributed by atoms with van der Waals surface area (Å²) in [6.07, 6.45) is 0.0653. The Morgan fingerprint density at radius 2 is 1.94 bits per heavy atom. The van der Waals surface area contributed by atoms with Crippen LogP contribution >= 0.6 is 26.8 Å². The van der Waals surface area contributed by atoms with Crippen molar-refractivity contribution in [2.24, 2.45) is 0 Å². The summed E-state index contributed by atoms with van der Waals surface area (Å²) in [6, 6.07) is 3.91. The average Bonchev–Trinajstić information content (AvgIpc) is 3.46. The Balaban J connectivity index is 1.59. The zero-order chi connectivity index (χ0) is 25.5. The molecule has 6 N–H and O–H groups in total. The minimum Gasteiger partial charge on any atom is -0.387 e. The first kappa shape index (κ1) is 26.5. The Labute approximate surface area is 204 Å². The van der Waals surface area contributed by atoms with Gasteiger partial charge < -0.3 is 44.0 Å². The lowest BCUT2D eigenvalue weighted by atomic mass is 10.1. The van der Waals surface area contributed by atoms with Crippen LogP contribution in [0.15, 0.2) is 12.3 Å². The van der Waals surface area contributed by atoms with Crippen molar-refractivity contribution < 1.29 is 43.3 Å². The summed E-state index contributed by atoms with van der Waals surface area (Å²) < 4.78 is 34.8. The van der Waals surface area contributed by atoms with E-state index in [1.807, 2.05) is 0 Å². The normalized spacial score (nSPS) is 27.2. The molecule has 0 bridgehead atoms. The SMILES string of the molecule is N#Cc1c(Cl)nc2c(ccn2[C@@H]2O[C@H](COP(=O)(O)CP(=O)(O)O)[C@@H](O)[C@H]2O)c1NC1CCCC1. The number of aromatic nitrogens is 2. The highest BCUT2D eigenvalue weighted by molar-refractivity contribution is 7.70. The molecule has 0 aromatic carbocycles. The monoisotopic (exact) mass is 550 g/mol. The van der Waals surface area contributed by atoms with Gasteiger partial charge in [0, 0.05) is 17.6 Å². The molecule has 13 nitrogen and oxygen atoms in total. The van der Waals surface area contributed by atoms with E-state index in [2.05, 4.69) is 16.4 Å². The molecule has 1 aliphatic heterocycles. The van der Waals surface area contributed by atoms with E-state index in [1.165, 1.54) is 4.57 Å². The van der Waals surface area contributed by atoms with Gasteiger partial charge in [-0.2, -0.15) is 5.26 Å².